The molecule has 0 aliphatic rings. The maximum atomic E-state index is 12.5. The molecule has 1 heterocycles. The van der Waals surface area contributed by atoms with Gasteiger partial charge in [0.25, 0.3) is 0 Å². The molecule has 0 radical (unpaired) electrons. The van der Waals surface area contributed by atoms with E-state index in [4.69, 9.17) is 17.3 Å². The smallest absolute Gasteiger partial charge is 0.436 e. The van der Waals surface area contributed by atoms with E-state index in [9.17, 15) is 13.2 Å². The van der Waals surface area contributed by atoms with E-state index in [2.05, 4.69) is 9.40 Å². The molecule has 1 aromatic carbocycles. The monoisotopic (exact) mass is 276 g/mol. The van der Waals surface area contributed by atoms with Crippen LogP contribution < -0.4 is 5.73 Å². The van der Waals surface area contributed by atoms with Gasteiger partial charge in [0.1, 0.15) is 11.5 Å². The van der Waals surface area contributed by atoms with Crippen molar-refractivity contribution in [3.8, 4) is 11.3 Å². The van der Waals surface area contributed by atoms with Gasteiger partial charge in [-0.25, -0.2) is 4.98 Å². The Morgan fingerprint density at radius 2 is 2.06 bits per heavy atom. The first kappa shape index (κ1) is 12.9. The van der Waals surface area contributed by atoms with Crippen LogP contribution in [0.3, 0.4) is 0 Å². The highest BCUT2D eigenvalue weighted by atomic mass is 35.5. The predicted molar refractivity (Wildman–Crippen MR) is 59.8 cm³/mol. The predicted octanol–water partition coefficient (Wildman–Crippen LogP) is 3.47. The largest absolute Gasteiger partial charge is 0.468 e. The number of hydrogen-bond donors (Lipinski definition) is 1. The van der Waals surface area contributed by atoms with Crippen LogP contribution in [0.4, 0.5) is 13.2 Å². The third-order valence-electron chi connectivity index (χ3n) is 2.22. The first-order valence-corrected chi connectivity index (χ1v) is 5.32. The number of halogens is 4. The van der Waals surface area contributed by atoms with Gasteiger partial charge in [0.15, 0.2) is 0 Å². The molecule has 0 aliphatic heterocycles. The van der Waals surface area contributed by atoms with Crippen LogP contribution in [0.5, 0.6) is 0 Å². The molecule has 0 unspecified atom stereocenters. The molecular formula is C11H8ClF3N2O. The van der Waals surface area contributed by atoms with Crippen LogP contribution in [0.2, 0.25) is 5.02 Å². The number of oxazole rings is 1. The van der Waals surface area contributed by atoms with E-state index in [1.165, 1.54) is 6.07 Å². The number of nitrogens with zero attached hydrogens (tertiary/aromatic N) is 1. The van der Waals surface area contributed by atoms with Crippen LogP contribution >= 0.6 is 11.6 Å². The molecule has 96 valence electrons. The fourth-order valence-electron chi connectivity index (χ4n) is 1.47. The fraction of sp³-hybridized carbons (Fsp3) is 0.182. The summed E-state index contributed by atoms with van der Waals surface area (Å²) in [6, 6.07) is 6.31. The Kier molecular flexibility index (Phi) is 3.32. The van der Waals surface area contributed by atoms with E-state index in [1.807, 2.05) is 0 Å². The summed E-state index contributed by atoms with van der Waals surface area (Å²) in [6.07, 6.45) is -4.64. The van der Waals surface area contributed by atoms with Gasteiger partial charge in [-0.2, -0.15) is 13.2 Å². The Balaban J connectivity index is 2.54. The summed E-state index contributed by atoms with van der Waals surface area (Å²) >= 11 is 5.78. The molecule has 18 heavy (non-hydrogen) atoms. The van der Waals surface area contributed by atoms with Crippen LogP contribution in [-0.4, -0.2) is 4.98 Å². The highest BCUT2D eigenvalue weighted by Gasteiger charge is 2.38. The second-order valence-electron chi connectivity index (χ2n) is 3.50. The summed E-state index contributed by atoms with van der Waals surface area (Å²) in [5.41, 5.74) is 5.84. The summed E-state index contributed by atoms with van der Waals surface area (Å²) in [4.78, 5) is 3.43. The Morgan fingerprint density at radius 3 is 2.61 bits per heavy atom. The standard InChI is InChI=1S/C11H8ClF3N2O/c12-7-3-1-2-6(4-7)9-8(5-16)18-10(17-9)11(13,14)15/h1-4H,5,16H2. The normalized spacial score (nSPS) is 11.8. The summed E-state index contributed by atoms with van der Waals surface area (Å²) in [7, 11) is 0. The topological polar surface area (TPSA) is 52.0 Å². The number of rotatable bonds is 2. The molecule has 0 amide bonds. The van der Waals surface area contributed by atoms with Crippen molar-refractivity contribution in [2.45, 2.75) is 12.7 Å². The van der Waals surface area contributed by atoms with Gasteiger partial charge in [-0.15, -0.1) is 0 Å². The molecule has 7 heteroatoms. The first-order chi connectivity index (χ1) is 8.41. The van der Waals surface area contributed by atoms with Crippen molar-refractivity contribution >= 4 is 11.6 Å². The van der Waals surface area contributed by atoms with Crippen molar-refractivity contribution in [3.05, 3.63) is 40.9 Å². The summed E-state index contributed by atoms with van der Waals surface area (Å²) in [6.45, 7) is -0.176. The molecule has 3 nitrogen and oxygen atoms in total. The van der Waals surface area contributed by atoms with E-state index >= 15 is 0 Å². The molecule has 2 aromatic rings. The molecule has 2 N–H and O–H groups in total. The van der Waals surface area contributed by atoms with Crippen molar-refractivity contribution in [2.75, 3.05) is 0 Å². The van der Waals surface area contributed by atoms with Gasteiger partial charge in [-0.3, -0.25) is 0 Å². The minimum Gasteiger partial charge on any atom is -0.436 e. The van der Waals surface area contributed by atoms with Crippen molar-refractivity contribution in [3.63, 3.8) is 0 Å². The molecule has 0 fully saturated rings. The number of nitrogens with two attached hydrogens (primary N) is 1. The Hall–Kier alpha value is -1.53. The lowest BCUT2D eigenvalue weighted by molar-refractivity contribution is -0.157. The second-order valence-corrected chi connectivity index (χ2v) is 3.94. The number of hydrogen-bond acceptors (Lipinski definition) is 3. The molecule has 0 saturated heterocycles. The Bertz CT molecular complexity index is 566. The van der Waals surface area contributed by atoms with Gasteiger partial charge in [0.05, 0.1) is 6.54 Å². The van der Waals surface area contributed by atoms with Gasteiger partial charge in [0, 0.05) is 10.6 Å². The van der Waals surface area contributed by atoms with Gasteiger partial charge in [-0.05, 0) is 12.1 Å². The molecular weight excluding hydrogens is 269 g/mol. The summed E-state index contributed by atoms with van der Waals surface area (Å²) < 4.78 is 42.1. The quantitative estimate of drug-likeness (QED) is 0.914. The highest BCUT2D eigenvalue weighted by molar-refractivity contribution is 6.30. The average molecular weight is 277 g/mol. The van der Waals surface area contributed by atoms with Gasteiger partial charge in [-0.1, -0.05) is 23.7 Å². The third-order valence-corrected chi connectivity index (χ3v) is 2.46. The van der Waals surface area contributed by atoms with Crippen molar-refractivity contribution < 1.29 is 17.6 Å². The molecule has 0 spiro atoms. The van der Waals surface area contributed by atoms with Gasteiger partial charge < -0.3 is 10.2 Å². The van der Waals surface area contributed by atoms with E-state index in [0.717, 1.165) is 0 Å². The minimum absolute atomic E-state index is 0.0235. The molecule has 0 bridgehead atoms. The lowest BCUT2D eigenvalue weighted by Crippen LogP contribution is -2.04. The van der Waals surface area contributed by atoms with Gasteiger partial charge in [0.2, 0.25) is 0 Å². The van der Waals surface area contributed by atoms with E-state index in [-0.39, 0.29) is 18.0 Å². The second kappa shape index (κ2) is 4.62. The number of benzene rings is 1. The lowest BCUT2D eigenvalue weighted by Gasteiger charge is -1.99. The SMILES string of the molecule is NCc1oc(C(F)(F)F)nc1-c1cccc(Cl)c1. The van der Waals surface area contributed by atoms with Crippen molar-refractivity contribution in [1.82, 2.24) is 4.98 Å². The molecule has 1 aromatic heterocycles. The maximum absolute atomic E-state index is 12.5. The minimum atomic E-state index is -4.64. The van der Waals surface area contributed by atoms with E-state index in [1.54, 1.807) is 18.2 Å². The summed E-state index contributed by atoms with van der Waals surface area (Å²) in [5.74, 6) is -1.33. The van der Waals surface area contributed by atoms with Crippen molar-refractivity contribution in [1.29, 1.82) is 0 Å². The lowest BCUT2D eigenvalue weighted by atomic mass is 10.1. The maximum Gasteiger partial charge on any atom is 0.468 e. The van der Waals surface area contributed by atoms with E-state index in [0.29, 0.717) is 10.6 Å². The van der Waals surface area contributed by atoms with Crippen LogP contribution in [0.15, 0.2) is 28.7 Å². The zero-order chi connectivity index (χ0) is 13.3. The van der Waals surface area contributed by atoms with Crippen LogP contribution in [0, 0.1) is 0 Å². The fourth-order valence-corrected chi connectivity index (χ4v) is 1.66. The van der Waals surface area contributed by atoms with Gasteiger partial charge >= 0.3 is 12.1 Å². The summed E-state index contributed by atoms with van der Waals surface area (Å²) in [5, 5.41) is 0.395. The highest BCUT2D eigenvalue weighted by Crippen LogP contribution is 2.33. The molecule has 0 atom stereocenters. The van der Waals surface area contributed by atoms with Crippen molar-refractivity contribution in [2.24, 2.45) is 5.73 Å². The Labute approximate surface area is 105 Å². The molecule has 2 rings (SSSR count). The first-order valence-electron chi connectivity index (χ1n) is 4.94. The van der Waals surface area contributed by atoms with Crippen LogP contribution in [0.25, 0.3) is 11.3 Å². The molecule has 0 aliphatic carbocycles. The number of aromatic nitrogens is 1. The molecule has 0 saturated carbocycles. The van der Waals surface area contributed by atoms with Crippen LogP contribution in [-0.2, 0) is 12.7 Å². The zero-order valence-corrected chi connectivity index (χ0v) is 9.72. The van der Waals surface area contributed by atoms with Crippen LogP contribution in [0.1, 0.15) is 11.7 Å². The average Bonchev–Trinajstić information content (AvgIpc) is 2.72. The number of alkyl halides is 3. The third kappa shape index (κ3) is 2.49. The Morgan fingerprint density at radius 1 is 1.33 bits per heavy atom. The zero-order valence-electron chi connectivity index (χ0n) is 8.96. The van der Waals surface area contributed by atoms with E-state index < -0.39 is 12.1 Å².